The first-order valence-corrected chi connectivity index (χ1v) is 5.81. The Hall–Kier alpha value is -1.26. The van der Waals surface area contributed by atoms with Crippen LogP contribution in [-0.2, 0) is 4.74 Å². The second-order valence-corrected chi connectivity index (χ2v) is 4.19. The van der Waals surface area contributed by atoms with E-state index in [9.17, 15) is 4.79 Å². The lowest BCUT2D eigenvalue weighted by Crippen LogP contribution is -2.15. The smallest absolute Gasteiger partial charge is 0.337 e. The average molecular weight is 272 g/mol. The zero-order chi connectivity index (χ0) is 12.1. The summed E-state index contributed by atoms with van der Waals surface area (Å²) < 4.78 is 10.3. The van der Waals surface area contributed by atoms with Crippen LogP contribution in [0.15, 0.2) is 24.3 Å². The molecule has 0 amide bonds. The number of carbonyl (C=O) groups is 1. The van der Waals surface area contributed by atoms with E-state index in [1.807, 2.05) is 0 Å². The summed E-state index contributed by atoms with van der Waals surface area (Å²) in [4.78, 5) is 11.2. The first-order valence-electron chi connectivity index (χ1n) is 5.81. The van der Waals surface area contributed by atoms with Gasteiger partial charge >= 0.3 is 5.97 Å². The number of rotatable bonds is 4. The molecule has 1 unspecified atom stereocenters. The summed E-state index contributed by atoms with van der Waals surface area (Å²) in [6.07, 6.45) is 1.17. The Kier molecular flexibility index (Phi) is 5.95. The minimum atomic E-state index is -0.323. The van der Waals surface area contributed by atoms with Gasteiger partial charge in [-0.15, -0.1) is 12.4 Å². The Morgan fingerprint density at radius 3 is 2.67 bits per heavy atom. The number of hydrogen-bond donors (Lipinski definition) is 1. The molecule has 1 aromatic rings. The van der Waals surface area contributed by atoms with Crippen LogP contribution in [0.25, 0.3) is 0 Å². The van der Waals surface area contributed by atoms with Crippen molar-refractivity contribution < 1.29 is 14.3 Å². The zero-order valence-corrected chi connectivity index (χ0v) is 11.2. The number of esters is 1. The Balaban J connectivity index is 0.00000162. The van der Waals surface area contributed by atoms with E-state index in [4.69, 9.17) is 4.74 Å². The fraction of sp³-hybridized carbons (Fsp3) is 0.462. The van der Waals surface area contributed by atoms with Crippen LogP contribution in [0.2, 0.25) is 0 Å². The van der Waals surface area contributed by atoms with Gasteiger partial charge in [-0.1, -0.05) is 0 Å². The highest BCUT2D eigenvalue weighted by molar-refractivity contribution is 5.89. The lowest BCUT2D eigenvalue weighted by molar-refractivity contribution is 0.0600. The highest BCUT2D eigenvalue weighted by Crippen LogP contribution is 2.15. The molecule has 4 nitrogen and oxygen atoms in total. The molecule has 1 fully saturated rings. The molecule has 1 atom stereocenters. The maximum Gasteiger partial charge on any atom is 0.337 e. The summed E-state index contributed by atoms with van der Waals surface area (Å²) in [5.41, 5.74) is 0.544. The van der Waals surface area contributed by atoms with Crippen molar-refractivity contribution >= 4 is 18.4 Å². The topological polar surface area (TPSA) is 47.6 Å². The summed E-state index contributed by atoms with van der Waals surface area (Å²) in [6, 6.07) is 7.03. The number of ether oxygens (including phenoxy) is 2. The Morgan fingerprint density at radius 2 is 2.11 bits per heavy atom. The van der Waals surface area contributed by atoms with Gasteiger partial charge in [0, 0.05) is 12.5 Å². The first-order chi connectivity index (χ1) is 8.29. The first kappa shape index (κ1) is 14.8. The monoisotopic (exact) mass is 271 g/mol. The number of carbonyl (C=O) groups excluding carboxylic acids is 1. The number of nitrogens with one attached hydrogen (secondary N) is 1. The van der Waals surface area contributed by atoms with Crippen molar-refractivity contribution in [3.8, 4) is 5.75 Å². The molecule has 2 rings (SSSR count). The van der Waals surface area contributed by atoms with Crippen molar-refractivity contribution in [2.75, 3.05) is 26.8 Å². The van der Waals surface area contributed by atoms with Crippen molar-refractivity contribution in [1.82, 2.24) is 5.32 Å². The summed E-state index contributed by atoms with van der Waals surface area (Å²) in [5, 5.41) is 3.30. The highest BCUT2D eigenvalue weighted by atomic mass is 35.5. The molecule has 0 bridgehead atoms. The Bertz CT molecular complexity index is 374. The molecule has 100 valence electrons. The van der Waals surface area contributed by atoms with Crippen molar-refractivity contribution in [3.63, 3.8) is 0 Å². The minimum absolute atomic E-state index is 0. The van der Waals surface area contributed by atoms with Crippen LogP contribution in [0.4, 0.5) is 0 Å². The van der Waals surface area contributed by atoms with E-state index in [1.54, 1.807) is 24.3 Å². The predicted octanol–water partition coefficient (Wildman–Crippen LogP) is 1.88. The fourth-order valence-electron chi connectivity index (χ4n) is 1.88. The van der Waals surface area contributed by atoms with Crippen molar-refractivity contribution in [2.24, 2.45) is 5.92 Å². The van der Waals surface area contributed by atoms with Crippen LogP contribution in [0, 0.1) is 5.92 Å². The van der Waals surface area contributed by atoms with Crippen molar-refractivity contribution in [2.45, 2.75) is 6.42 Å². The van der Waals surface area contributed by atoms with Crippen LogP contribution >= 0.6 is 12.4 Å². The molecular weight excluding hydrogens is 254 g/mol. The van der Waals surface area contributed by atoms with Gasteiger partial charge in [-0.2, -0.15) is 0 Å². The van der Waals surface area contributed by atoms with Gasteiger partial charge in [-0.25, -0.2) is 4.79 Å². The van der Waals surface area contributed by atoms with E-state index in [0.717, 1.165) is 25.4 Å². The fourth-order valence-corrected chi connectivity index (χ4v) is 1.88. The average Bonchev–Trinajstić information content (AvgIpc) is 2.89. The molecule has 0 aliphatic carbocycles. The summed E-state index contributed by atoms with van der Waals surface area (Å²) in [6.45, 7) is 2.83. The summed E-state index contributed by atoms with van der Waals surface area (Å²) in [5.74, 6) is 1.07. The SMILES string of the molecule is COC(=O)c1ccc(OCC2CCNC2)cc1.Cl. The number of benzene rings is 1. The molecular formula is C13H18ClNO3. The molecule has 5 heteroatoms. The number of hydrogen-bond acceptors (Lipinski definition) is 4. The standard InChI is InChI=1S/C13H17NO3.ClH/c1-16-13(15)11-2-4-12(5-3-11)17-9-10-6-7-14-8-10;/h2-5,10,14H,6-9H2,1H3;1H. The Labute approximate surface area is 113 Å². The van der Waals surface area contributed by atoms with Gasteiger partial charge in [-0.3, -0.25) is 0 Å². The Morgan fingerprint density at radius 1 is 1.39 bits per heavy atom. The van der Waals surface area contributed by atoms with E-state index in [-0.39, 0.29) is 18.4 Å². The molecule has 1 aromatic carbocycles. The highest BCUT2D eigenvalue weighted by Gasteiger charge is 2.14. The zero-order valence-electron chi connectivity index (χ0n) is 10.3. The van der Waals surface area contributed by atoms with Gasteiger partial charge in [0.2, 0.25) is 0 Å². The van der Waals surface area contributed by atoms with E-state index < -0.39 is 0 Å². The van der Waals surface area contributed by atoms with E-state index in [1.165, 1.54) is 13.5 Å². The normalized spacial score (nSPS) is 17.9. The molecule has 0 aromatic heterocycles. The van der Waals surface area contributed by atoms with Gasteiger partial charge in [0.25, 0.3) is 0 Å². The molecule has 1 saturated heterocycles. The molecule has 1 aliphatic heterocycles. The minimum Gasteiger partial charge on any atom is -0.493 e. The van der Waals surface area contributed by atoms with Gasteiger partial charge in [-0.05, 0) is 37.2 Å². The van der Waals surface area contributed by atoms with Crippen LogP contribution in [-0.4, -0.2) is 32.8 Å². The van der Waals surface area contributed by atoms with Crippen molar-refractivity contribution in [1.29, 1.82) is 0 Å². The van der Waals surface area contributed by atoms with Gasteiger partial charge in [0.1, 0.15) is 5.75 Å². The molecule has 18 heavy (non-hydrogen) atoms. The molecule has 1 aliphatic rings. The van der Waals surface area contributed by atoms with E-state index >= 15 is 0 Å². The van der Waals surface area contributed by atoms with Gasteiger partial charge in [0.15, 0.2) is 0 Å². The second kappa shape index (κ2) is 7.24. The summed E-state index contributed by atoms with van der Waals surface area (Å²) in [7, 11) is 1.37. The lowest BCUT2D eigenvalue weighted by atomic mass is 10.1. The third kappa shape index (κ3) is 3.89. The number of halogens is 1. The molecule has 1 N–H and O–H groups in total. The van der Waals surface area contributed by atoms with Gasteiger partial charge in [0.05, 0.1) is 19.3 Å². The van der Waals surface area contributed by atoms with E-state index in [2.05, 4.69) is 10.1 Å². The number of methoxy groups -OCH3 is 1. The molecule has 0 radical (unpaired) electrons. The largest absolute Gasteiger partial charge is 0.493 e. The molecule has 0 spiro atoms. The van der Waals surface area contributed by atoms with Gasteiger partial charge < -0.3 is 14.8 Å². The van der Waals surface area contributed by atoms with Crippen molar-refractivity contribution in [3.05, 3.63) is 29.8 Å². The predicted molar refractivity (Wildman–Crippen MR) is 71.5 cm³/mol. The van der Waals surface area contributed by atoms with Crippen LogP contribution in [0.3, 0.4) is 0 Å². The second-order valence-electron chi connectivity index (χ2n) is 4.19. The van der Waals surface area contributed by atoms with E-state index in [0.29, 0.717) is 11.5 Å². The maximum atomic E-state index is 11.2. The quantitative estimate of drug-likeness (QED) is 0.850. The maximum absolute atomic E-state index is 11.2. The summed E-state index contributed by atoms with van der Waals surface area (Å²) >= 11 is 0. The third-order valence-corrected chi connectivity index (χ3v) is 2.92. The molecule has 0 saturated carbocycles. The van der Waals surface area contributed by atoms with Crippen LogP contribution in [0.1, 0.15) is 16.8 Å². The van der Waals surface area contributed by atoms with Crippen LogP contribution in [0.5, 0.6) is 5.75 Å². The van der Waals surface area contributed by atoms with Crippen LogP contribution < -0.4 is 10.1 Å². The third-order valence-electron chi connectivity index (χ3n) is 2.92. The molecule has 1 heterocycles. The lowest BCUT2D eigenvalue weighted by Gasteiger charge is -2.10.